The molecule has 6 heteroatoms. The molecular formula is C3H10N2O3S. The predicted octanol–water partition coefficient (Wildman–Crippen LogP) is -2.19. The fraction of sp³-hybridized carbons (Fsp3) is 1.00. The van der Waals surface area contributed by atoms with Crippen molar-refractivity contribution in [2.75, 3.05) is 19.0 Å². The van der Waals surface area contributed by atoms with E-state index in [2.05, 4.69) is 0 Å². The van der Waals surface area contributed by atoms with Crippen molar-refractivity contribution in [3.63, 3.8) is 0 Å². The van der Waals surface area contributed by atoms with Gasteiger partial charge in [0.2, 0.25) is 10.0 Å². The predicted molar refractivity (Wildman–Crippen MR) is 33.1 cm³/mol. The highest BCUT2D eigenvalue weighted by atomic mass is 32.2. The van der Waals surface area contributed by atoms with Crippen LogP contribution in [0.15, 0.2) is 0 Å². The van der Waals surface area contributed by atoms with Crippen LogP contribution in [-0.4, -0.2) is 32.6 Å². The van der Waals surface area contributed by atoms with Crippen LogP contribution < -0.4 is 10.5 Å². The van der Waals surface area contributed by atoms with Gasteiger partial charge in [-0.3, -0.25) is 0 Å². The van der Waals surface area contributed by atoms with Gasteiger partial charge in [-0.25, -0.2) is 8.42 Å². The summed E-state index contributed by atoms with van der Waals surface area (Å²) in [7, 11) is -3.31. The van der Waals surface area contributed by atoms with Crippen molar-refractivity contribution >= 4 is 10.0 Å². The zero-order valence-corrected chi connectivity index (χ0v) is 5.69. The van der Waals surface area contributed by atoms with Gasteiger partial charge in [0, 0.05) is 6.54 Å². The van der Waals surface area contributed by atoms with Crippen molar-refractivity contribution in [3.8, 4) is 0 Å². The topological polar surface area (TPSA) is 92.4 Å². The molecule has 0 unspecified atom stereocenters. The Morgan fingerprint density at radius 2 is 2.11 bits per heavy atom. The third-order valence-corrected chi connectivity index (χ3v) is 2.01. The van der Waals surface area contributed by atoms with Crippen LogP contribution >= 0.6 is 0 Å². The van der Waals surface area contributed by atoms with E-state index >= 15 is 0 Å². The molecule has 0 bridgehead atoms. The first-order valence-electron chi connectivity index (χ1n) is 2.40. The molecule has 0 heterocycles. The van der Waals surface area contributed by atoms with Crippen molar-refractivity contribution in [2.24, 2.45) is 5.73 Å². The smallest absolute Gasteiger partial charge is 0.214 e. The molecule has 0 saturated heterocycles. The number of nitrogens with one attached hydrogen (secondary N) is 1. The largest absolute Gasteiger partial charge is 0.380 e. The monoisotopic (exact) mass is 154 g/mol. The Bertz CT molecular complexity index is 140. The zero-order valence-electron chi connectivity index (χ0n) is 4.87. The third-order valence-electron chi connectivity index (χ3n) is 0.671. The molecule has 0 aliphatic rings. The highest BCUT2D eigenvalue weighted by Crippen LogP contribution is 1.77. The molecule has 0 aliphatic heterocycles. The van der Waals surface area contributed by atoms with E-state index in [9.17, 15) is 8.42 Å². The summed E-state index contributed by atoms with van der Waals surface area (Å²) >= 11 is 0. The average molecular weight is 154 g/mol. The maximum absolute atomic E-state index is 10.5. The second-order valence-corrected chi connectivity index (χ2v) is 3.34. The summed E-state index contributed by atoms with van der Waals surface area (Å²) in [6.07, 6.45) is 0. The van der Waals surface area contributed by atoms with Gasteiger partial charge < -0.3 is 10.8 Å². The molecule has 0 atom stereocenters. The number of hydrogen-bond acceptors (Lipinski definition) is 4. The number of sulfonamides is 1. The van der Waals surface area contributed by atoms with Gasteiger partial charge in [-0.05, 0) is 0 Å². The minimum absolute atomic E-state index is 0.0648. The Kier molecular flexibility index (Phi) is 3.71. The number of nitrogens with two attached hydrogens (primary N) is 1. The van der Waals surface area contributed by atoms with Crippen LogP contribution in [0.4, 0.5) is 0 Å². The highest BCUT2D eigenvalue weighted by molar-refractivity contribution is 7.89. The van der Waals surface area contributed by atoms with Crippen LogP contribution in [0.1, 0.15) is 0 Å². The van der Waals surface area contributed by atoms with Gasteiger partial charge in [-0.1, -0.05) is 0 Å². The first-order chi connectivity index (χ1) is 4.12. The molecule has 0 saturated carbocycles. The molecule has 0 fully saturated rings. The van der Waals surface area contributed by atoms with Crippen molar-refractivity contribution in [1.29, 1.82) is 0 Å². The van der Waals surface area contributed by atoms with Gasteiger partial charge >= 0.3 is 0 Å². The lowest BCUT2D eigenvalue weighted by molar-refractivity contribution is 0.288. The van der Waals surface area contributed by atoms with Crippen LogP contribution in [0.25, 0.3) is 0 Å². The minimum Gasteiger partial charge on any atom is -0.380 e. The van der Waals surface area contributed by atoms with E-state index in [0.717, 1.165) is 0 Å². The molecule has 9 heavy (non-hydrogen) atoms. The standard InChI is InChI=1S/C3H10N2O3S/c4-1-2-9(7,8)5-3-6/h5-6H,1-4H2. The number of aliphatic hydroxyl groups excluding tert-OH is 1. The Balaban J connectivity index is 3.73. The fourth-order valence-electron chi connectivity index (χ4n) is 0.326. The van der Waals surface area contributed by atoms with Gasteiger partial charge in [-0.2, -0.15) is 4.72 Å². The van der Waals surface area contributed by atoms with Crippen LogP contribution in [0.3, 0.4) is 0 Å². The van der Waals surface area contributed by atoms with Gasteiger partial charge in [0.1, 0.15) is 6.73 Å². The molecular weight excluding hydrogens is 144 g/mol. The van der Waals surface area contributed by atoms with Crippen molar-refractivity contribution < 1.29 is 13.5 Å². The molecule has 0 aromatic rings. The fourth-order valence-corrected chi connectivity index (χ4v) is 0.977. The molecule has 0 rings (SSSR count). The number of aliphatic hydroxyl groups is 1. The van der Waals surface area contributed by atoms with Crippen molar-refractivity contribution in [3.05, 3.63) is 0 Å². The van der Waals surface area contributed by atoms with Crippen molar-refractivity contribution in [1.82, 2.24) is 4.72 Å². The first kappa shape index (κ1) is 8.83. The number of hydrogen-bond donors (Lipinski definition) is 3. The lowest BCUT2D eigenvalue weighted by atomic mass is 10.8. The molecule has 0 spiro atoms. The molecule has 0 aromatic carbocycles. The summed E-state index contributed by atoms with van der Waals surface area (Å²) in [6, 6.07) is 0. The summed E-state index contributed by atoms with van der Waals surface area (Å²) in [5.74, 6) is -0.145. The van der Waals surface area contributed by atoms with Gasteiger partial charge in [0.25, 0.3) is 0 Å². The Morgan fingerprint density at radius 3 is 2.44 bits per heavy atom. The van der Waals surface area contributed by atoms with Crippen LogP contribution in [0.5, 0.6) is 0 Å². The van der Waals surface area contributed by atoms with Crippen LogP contribution in [-0.2, 0) is 10.0 Å². The van der Waals surface area contributed by atoms with E-state index in [4.69, 9.17) is 10.8 Å². The van der Waals surface area contributed by atoms with E-state index in [1.54, 1.807) is 0 Å². The maximum atomic E-state index is 10.5. The highest BCUT2D eigenvalue weighted by Gasteiger charge is 2.04. The SMILES string of the molecule is NCCS(=O)(=O)NCO. The Labute approximate surface area is 53.9 Å². The second-order valence-electron chi connectivity index (χ2n) is 1.41. The summed E-state index contributed by atoms with van der Waals surface area (Å²) in [5.41, 5.74) is 4.94. The zero-order chi connectivity index (χ0) is 7.33. The van der Waals surface area contributed by atoms with Gasteiger partial charge in [0.05, 0.1) is 5.75 Å². The van der Waals surface area contributed by atoms with E-state index in [0.29, 0.717) is 0 Å². The van der Waals surface area contributed by atoms with E-state index in [1.807, 2.05) is 4.72 Å². The molecule has 5 nitrogen and oxygen atoms in total. The van der Waals surface area contributed by atoms with Gasteiger partial charge in [0.15, 0.2) is 0 Å². The molecule has 0 aliphatic carbocycles. The Morgan fingerprint density at radius 1 is 1.56 bits per heavy atom. The van der Waals surface area contributed by atoms with E-state index < -0.39 is 16.8 Å². The summed E-state index contributed by atoms with van der Waals surface area (Å²) in [6.45, 7) is -0.502. The summed E-state index contributed by atoms with van der Waals surface area (Å²) in [5, 5.41) is 8.10. The molecule has 56 valence electrons. The van der Waals surface area contributed by atoms with Crippen LogP contribution in [0, 0.1) is 0 Å². The molecule has 0 aromatic heterocycles. The lowest BCUT2D eigenvalue weighted by Crippen LogP contribution is -2.30. The molecule has 0 radical (unpaired) electrons. The summed E-state index contributed by atoms with van der Waals surface area (Å²) < 4.78 is 22.8. The number of rotatable bonds is 4. The maximum Gasteiger partial charge on any atom is 0.214 e. The van der Waals surface area contributed by atoms with E-state index in [-0.39, 0.29) is 12.3 Å². The minimum atomic E-state index is -3.31. The normalized spacial score (nSPS) is 11.8. The first-order valence-corrected chi connectivity index (χ1v) is 4.06. The third kappa shape index (κ3) is 4.34. The van der Waals surface area contributed by atoms with Crippen molar-refractivity contribution in [2.45, 2.75) is 0 Å². The molecule has 0 amide bonds. The lowest BCUT2D eigenvalue weighted by Gasteiger charge is -1.99. The van der Waals surface area contributed by atoms with Crippen LogP contribution in [0.2, 0.25) is 0 Å². The Hall–Kier alpha value is -0.170. The van der Waals surface area contributed by atoms with Gasteiger partial charge in [-0.15, -0.1) is 0 Å². The average Bonchev–Trinajstić information content (AvgIpc) is 1.64. The second kappa shape index (κ2) is 3.78. The van der Waals surface area contributed by atoms with E-state index in [1.165, 1.54) is 0 Å². The summed E-state index contributed by atoms with van der Waals surface area (Å²) in [4.78, 5) is 0. The quantitative estimate of drug-likeness (QED) is 0.401. The molecule has 4 N–H and O–H groups in total.